The third-order valence-electron chi connectivity index (χ3n) is 7.17. The van der Waals surface area contributed by atoms with Crippen LogP contribution in [0.4, 0.5) is 0 Å². The summed E-state index contributed by atoms with van der Waals surface area (Å²) in [5.41, 5.74) is 0. The van der Waals surface area contributed by atoms with Crippen molar-refractivity contribution in [3.05, 3.63) is 72.9 Å². The van der Waals surface area contributed by atoms with Crippen molar-refractivity contribution in [2.75, 3.05) is 6.61 Å². The molecule has 0 spiro atoms. The van der Waals surface area contributed by atoms with Gasteiger partial charge in [0.05, 0.1) is 18.8 Å². The topological polar surface area (TPSA) is 69.6 Å². The van der Waals surface area contributed by atoms with Gasteiger partial charge in [0.15, 0.2) is 0 Å². The number of hydrogen-bond donors (Lipinski definition) is 3. The number of amides is 1. The fraction of sp³-hybridized carbons (Fsp3) is 0.658. The fourth-order valence-electron chi connectivity index (χ4n) is 4.53. The third-order valence-corrected chi connectivity index (χ3v) is 7.17. The molecule has 0 aromatic heterocycles. The number of rotatable bonds is 29. The fourth-order valence-corrected chi connectivity index (χ4v) is 4.53. The lowest BCUT2D eigenvalue weighted by atomic mass is 10.1. The summed E-state index contributed by atoms with van der Waals surface area (Å²) in [6, 6.07) is -0.647. The van der Waals surface area contributed by atoms with Crippen LogP contribution in [0.1, 0.15) is 142 Å². The molecule has 0 heterocycles. The minimum atomic E-state index is -0.869. The second-order valence-corrected chi connectivity index (χ2v) is 11.2. The predicted molar refractivity (Wildman–Crippen MR) is 184 cm³/mol. The lowest BCUT2D eigenvalue weighted by molar-refractivity contribution is -0.123. The highest BCUT2D eigenvalue weighted by Gasteiger charge is 2.17. The van der Waals surface area contributed by atoms with E-state index in [1.54, 1.807) is 6.08 Å². The number of hydrogen-bond acceptors (Lipinski definition) is 3. The average Bonchev–Trinajstić information content (AvgIpc) is 2.99. The highest BCUT2D eigenvalue weighted by atomic mass is 16.3. The lowest BCUT2D eigenvalue weighted by Crippen LogP contribution is -2.45. The molecule has 4 heteroatoms. The van der Waals surface area contributed by atoms with Crippen LogP contribution in [0, 0.1) is 0 Å². The van der Waals surface area contributed by atoms with Crippen LogP contribution in [0.25, 0.3) is 0 Å². The lowest BCUT2D eigenvalue weighted by Gasteiger charge is -2.19. The smallest absolute Gasteiger partial charge is 0.220 e. The van der Waals surface area contributed by atoms with Gasteiger partial charge in [-0.2, -0.15) is 0 Å². The van der Waals surface area contributed by atoms with Crippen LogP contribution in [-0.4, -0.2) is 34.9 Å². The molecule has 0 aliphatic carbocycles. The molecular weight excluding hydrogens is 518 g/mol. The zero-order chi connectivity index (χ0) is 30.8. The maximum atomic E-state index is 12.3. The van der Waals surface area contributed by atoms with Crippen LogP contribution in [0.5, 0.6) is 0 Å². The van der Waals surface area contributed by atoms with Crippen molar-refractivity contribution in [3.63, 3.8) is 0 Å². The summed E-state index contributed by atoms with van der Waals surface area (Å²) in [6.45, 7) is 4.12. The molecule has 240 valence electrons. The van der Waals surface area contributed by atoms with E-state index in [1.165, 1.54) is 51.4 Å². The quantitative estimate of drug-likeness (QED) is 0.0606. The van der Waals surface area contributed by atoms with Gasteiger partial charge in [0.1, 0.15) is 0 Å². The van der Waals surface area contributed by atoms with Crippen molar-refractivity contribution >= 4 is 5.91 Å². The summed E-state index contributed by atoms with van der Waals surface area (Å²) in [6.07, 6.45) is 46.9. The van der Waals surface area contributed by atoms with E-state index in [9.17, 15) is 15.0 Å². The summed E-state index contributed by atoms with van der Waals surface area (Å²) in [4.78, 5) is 12.3. The molecule has 0 bridgehead atoms. The number of aliphatic hydroxyl groups is 2. The van der Waals surface area contributed by atoms with Crippen LogP contribution in [0.2, 0.25) is 0 Å². The molecule has 0 rings (SSSR count). The van der Waals surface area contributed by atoms with Crippen molar-refractivity contribution in [2.45, 2.75) is 154 Å². The molecule has 0 fully saturated rings. The molecule has 2 unspecified atom stereocenters. The standard InChI is InChI=1S/C38H65NO3/c1-3-5-7-9-11-13-15-16-17-18-19-20-21-22-24-26-28-30-32-34-38(42)39-36(35-40)37(41)33-31-29-27-25-23-14-12-10-8-6-4-2/h5,7,11,13,16-17,19-20,23,25,31,33,36-37,40-41H,3-4,6,8-10,12,14-15,18,21-22,24,26-30,32,34-35H2,1-2H3,(H,39,42)/b7-5-,13-11-,17-16-,20-19-,25-23+,33-31+. The van der Waals surface area contributed by atoms with E-state index < -0.39 is 12.1 Å². The van der Waals surface area contributed by atoms with Crippen molar-refractivity contribution < 1.29 is 15.0 Å². The number of carbonyl (C=O) groups is 1. The zero-order valence-corrected chi connectivity index (χ0v) is 27.2. The van der Waals surface area contributed by atoms with Crippen molar-refractivity contribution in [1.82, 2.24) is 5.32 Å². The van der Waals surface area contributed by atoms with Gasteiger partial charge in [-0.25, -0.2) is 0 Å². The molecule has 0 aromatic rings. The number of allylic oxidation sites excluding steroid dienone is 11. The number of carbonyl (C=O) groups excluding carboxylic acids is 1. The summed E-state index contributed by atoms with van der Waals surface area (Å²) in [5.74, 6) is -0.0947. The van der Waals surface area contributed by atoms with Crippen LogP contribution in [-0.2, 0) is 4.79 Å². The average molecular weight is 584 g/mol. The molecule has 0 radical (unpaired) electrons. The second kappa shape index (κ2) is 33.3. The van der Waals surface area contributed by atoms with E-state index in [4.69, 9.17) is 0 Å². The van der Waals surface area contributed by atoms with Gasteiger partial charge in [0.25, 0.3) is 0 Å². The molecule has 1 amide bonds. The van der Waals surface area contributed by atoms with Crippen molar-refractivity contribution in [2.24, 2.45) is 0 Å². The van der Waals surface area contributed by atoms with Gasteiger partial charge in [-0.05, 0) is 70.6 Å². The Morgan fingerprint density at radius 2 is 1.07 bits per heavy atom. The minimum absolute atomic E-state index is 0.0947. The largest absolute Gasteiger partial charge is 0.394 e. The van der Waals surface area contributed by atoms with E-state index in [-0.39, 0.29) is 12.5 Å². The van der Waals surface area contributed by atoms with Gasteiger partial charge < -0.3 is 15.5 Å². The molecule has 0 aromatic carbocycles. The molecule has 4 nitrogen and oxygen atoms in total. The van der Waals surface area contributed by atoms with Gasteiger partial charge in [0, 0.05) is 6.42 Å². The Kier molecular flexibility index (Phi) is 31.6. The van der Waals surface area contributed by atoms with Crippen molar-refractivity contribution in [3.8, 4) is 0 Å². The molecule has 0 aliphatic rings. The van der Waals surface area contributed by atoms with Crippen LogP contribution in [0.15, 0.2) is 72.9 Å². The molecule has 3 N–H and O–H groups in total. The Balaban J connectivity index is 3.74. The second-order valence-electron chi connectivity index (χ2n) is 11.2. The first-order valence-electron chi connectivity index (χ1n) is 17.2. The zero-order valence-electron chi connectivity index (χ0n) is 27.2. The number of unbranched alkanes of at least 4 members (excludes halogenated alkanes) is 12. The first-order chi connectivity index (χ1) is 20.7. The van der Waals surface area contributed by atoms with E-state index in [2.05, 4.69) is 79.9 Å². The summed E-state index contributed by atoms with van der Waals surface area (Å²) < 4.78 is 0. The van der Waals surface area contributed by atoms with Crippen LogP contribution < -0.4 is 5.32 Å². The maximum Gasteiger partial charge on any atom is 0.220 e. The van der Waals surface area contributed by atoms with E-state index >= 15 is 0 Å². The SMILES string of the molecule is CC/C=C\C/C=C\C/C=C\C/C=C\CCCCCCCCC(=O)NC(CO)C(O)/C=C/CC/C=C/CCCCCCC. The van der Waals surface area contributed by atoms with E-state index in [0.29, 0.717) is 6.42 Å². The normalized spacial score (nSPS) is 14.1. The number of aliphatic hydroxyl groups excluding tert-OH is 2. The predicted octanol–water partition coefficient (Wildman–Crippen LogP) is 10.0. The Bertz CT molecular complexity index is 762. The third kappa shape index (κ3) is 29.3. The Morgan fingerprint density at radius 1 is 0.595 bits per heavy atom. The van der Waals surface area contributed by atoms with Crippen LogP contribution in [0.3, 0.4) is 0 Å². The molecule has 0 aliphatic heterocycles. The van der Waals surface area contributed by atoms with Gasteiger partial charge in [-0.3, -0.25) is 4.79 Å². The number of nitrogens with one attached hydrogen (secondary N) is 1. The van der Waals surface area contributed by atoms with E-state index in [1.807, 2.05) is 6.08 Å². The minimum Gasteiger partial charge on any atom is -0.394 e. The monoisotopic (exact) mass is 583 g/mol. The van der Waals surface area contributed by atoms with Crippen molar-refractivity contribution in [1.29, 1.82) is 0 Å². The summed E-state index contributed by atoms with van der Waals surface area (Å²) in [7, 11) is 0. The van der Waals surface area contributed by atoms with Gasteiger partial charge in [0.2, 0.25) is 5.91 Å². The van der Waals surface area contributed by atoms with E-state index in [0.717, 1.165) is 70.6 Å². The Morgan fingerprint density at radius 3 is 1.67 bits per heavy atom. The van der Waals surface area contributed by atoms with Gasteiger partial charge in [-0.1, -0.05) is 138 Å². The Hall–Kier alpha value is -2.17. The van der Waals surface area contributed by atoms with Gasteiger partial charge >= 0.3 is 0 Å². The first kappa shape index (κ1) is 39.8. The van der Waals surface area contributed by atoms with Crippen LogP contribution >= 0.6 is 0 Å². The van der Waals surface area contributed by atoms with Gasteiger partial charge in [-0.15, -0.1) is 0 Å². The first-order valence-corrected chi connectivity index (χ1v) is 17.2. The molecule has 0 saturated carbocycles. The maximum absolute atomic E-state index is 12.3. The summed E-state index contributed by atoms with van der Waals surface area (Å²) >= 11 is 0. The highest BCUT2D eigenvalue weighted by molar-refractivity contribution is 5.76. The summed E-state index contributed by atoms with van der Waals surface area (Å²) in [5, 5.41) is 22.8. The molecular formula is C38H65NO3. The highest BCUT2D eigenvalue weighted by Crippen LogP contribution is 2.10. The Labute approximate surface area is 259 Å². The molecule has 2 atom stereocenters. The molecule has 0 saturated heterocycles. The molecule has 42 heavy (non-hydrogen) atoms.